The van der Waals surface area contributed by atoms with Crippen LogP contribution in [0.4, 0.5) is 0 Å². The molecule has 0 aliphatic carbocycles. The number of rotatable bonds is 5. The molecule has 4 nitrogen and oxygen atoms in total. The topological polar surface area (TPSA) is 44.8 Å². The largest absolute Gasteiger partial charge is 0.497 e. The molecule has 0 N–H and O–H groups in total. The molecule has 1 saturated heterocycles. The number of benzene rings is 3. The normalized spacial score (nSPS) is 19.7. The maximum atomic E-state index is 12.8. The third-order valence-corrected chi connectivity index (χ3v) is 6.30. The molecule has 1 aliphatic heterocycles. The van der Waals surface area contributed by atoms with E-state index in [1.54, 1.807) is 7.11 Å². The maximum absolute atomic E-state index is 12.8. The lowest BCUT2D eigenvalue weighted by molar-refractivity contribution is -0.157. The number of esters is 1. The van der Waals surface area contributed by atoms with Gasteiger partial charge in [-0.05, 0) is 59.5 Å². The van der Waals surface area contributed by atoms with Gasteiger partial charge < -0.3 is 14.2 Å². The van der Waals surface area contributed by atoms with Crippen molar-refractivity contribution in [3.63, 3.8) is 0 Å². The minimum Gasteiger partial charge on any atom is -0.497 e. The van der Waals surface area contributed by atoms with Gasteiger partial charge in [0, 0.05) is 16.0 Å². The van der Waals surface area contributed by atoms with Gasteiger partial charge in [-0.15, -0.1) is 0 Å². The molecule has 3 aromatic rings. The second-order valence-corrected chi connectivity index (χ2v) is 8.36. The van der Waals surface area contributed by atoms with Crippen molar-refractivity contribution >= 4 is 29.2 Å². The lowest BCUT2D eigenvalue weighted by atomic mass is 9.79. The molecule has 0 aromatic heterocycles. The van der Waals surface area contributed by atoms with Gasteiger partial charge in [0.05, 0.1) is 14.2 Å². The summed E-state index contributed by atoms with van der Waals surface area (Å²) in [6, 6.07) is 22.7. The van der Waals surface area contributed by atoms with Gasteiger partial charge in [0.15, 0.2) is 6.10 Å². The molecule has 6 heteroatoms. The summed E-state index contributed by atoms with van der Waals surface area (Å²) in [5, 5.41) is 1.26. The summed E-state index contributed by atoms with van der Waals surface area (Å²) in [5.74, 6) is 0.120. The highest BCUT2D eigenvalue weighted by atomic mass is 35.5. The van der Waals surface area contributed by atoms with Crippen LogP contribution in [0.15, 0.2) is 72.8 Å². The molecule has 3 aromatic carbocycles. The Morgan fingerprint density at radius 2 is 1.39 bits per heavy atom. The van der Waals surface area contributed by atoms with E-state index in [9.17, 15) is 4.79 Å². The van der Waals surface area contributed by atoms with E-state index < -0.39 is 17.7 Å². The summed E-state index contributed by atoms with van der Waals surface area (Å²) in [4.78, 5) is 12.8. The highest BCUT2D eigenvalue weighted by Crippen LogP contribution is 2.51. The van der Waals surface area contributed by atoms with Crippen molar-refractivity contribution in [2.75, 3.05) is 14.2 Å². The molecule has 0 saturated carbocycles. The van der Waals surface area contributed by atoms with Crippen molar-refractivity contribution in [2.24, 2.45) is 0 Å². The van der Waals surface area contributed by atoms with Gasteiger partial charge in [0.25, 0.3) is 0 Å². The van der Waals surface area contributed by atoms with Gasteiger partial charge in [-0.25, -0.2) is 4.79 Å². The molecule has 160 valence electrons. The van der Waals surface area contributed by atoms with Crippen molar-refractivity contribution in [3.8, 4) is 5.75 Å². The lowest BCUT2D eigenvalue weighted by Crippen LogP contribution is -2.31. The molecule has 2 atom stereocenters. The Hall–Kier alpha value is -2.53. The van der Waals surface area contributed by atoms with E-state index in [0.29, 0.717) is 16.5 Å². The average Bonchev–Trinajstić information content (AvgIpc) is 3.21. The van der Waals surface area contributed by atoms with E-state index in [2.05, 4.69) is 0 Å². The summed E-state index contributed by atoms with van der Waals surface area (Å²) < 4.78 is 17.0. The van der Waals surface area contributed by atoms with Crippen LogP contribution in [0.2, 0.25) is 10.0 Å². The van der Waals surface area contributed by atoms with Crippen LogP contribution in [-0.2, 0) is 19.9 Å². The molecule has 1 aliphatic rings. The Morgan fingerprint density at radius 3 is 1.84 bits per heavy atom. The third-order valence-electron chi connectivity index (χ3n) is 5.80. The summed E-state index contributed by atoms with van der Waals surface area (Å²) in [7, 11) is 3.00. The van der Waals surface area contributed by atoms with E-state index in [1.807, 2.05) is 72.8 Å². The molecule has 4 rings (SSSR count). The third kappa shape index (κ3) is 4.16. The molecule has 1 heterocycles. The zero-order valence-corrected chi connectivity index (χ0v) is 18.7. The van der Waals surface area contributed by atoms with Crippen LogP contribution in [0.5, 0.6) is 5.75 Å². The fraction of sp³-hybridized carbons (Fsp3) is 0.240. The van der Waals surface area contributed by atoms with Crippen LogP contribution in [0.1, 0.15) is 29.0 Å². The molecule has 0 bridgehead atoms. The Balaban J connectivity index is 1.85. The maximum Gasteiger partial charge on any atom is 0.335 e. The van der Waals surface area contributed by atoms with Crippen LogP contribution in [0, 0.1) is 0 Å². The SMILES string of the molecule is COC(=O)[C@@H]1OC(c2ccc(Cl)cc2)(c2ccc(Cl)cc2)C[C@@H]1c1ccc(OC)cc1. The average molecular weight is 457 g/mol. The first-order chi connectivity index (χ1) is 15.0. The summed E-state index contributed by atoms with van der Waals surface area (Å²) >= 11 is 12.3. The number of methoxy groups -OCH3 is 2. The van der Waals surface area contributed by atoms with Crippen LogP contribution in [-0.4, -0.2) is 26.3 Å². The van der Waals surface area contributed by atoms with Crippen LogP contribution in [0.3, 0.4) is 0 Å². The number of halogens is 2. The van der Waals surface area contributed by atoms with Gasteiger partial charge in [0.1, 0.15) is 11.4 Å². The summed E-state index contributed by atoms with van der Waals surface area (Å²) in [5.41, 5.74) is 1.92. The molecular formula is C25H22Cl2O4. The Bertz CT molecular complexity index is 1000. The molecule has 0 unspecified atom stereocenters. The Morgan fingerprint density at radius 1 is 0.871 bits per heavy atom. The van der Waals surface area contributed by atoms with E-state index in [-0.39, 0.29) is 5.92 Å². The van der Waals surface area contributed by atoms with E-state index in [4.69, 9.17) is 37.4 Å². The minimum atomic E-state index is -0.862. The first-order valence-electron chi connectivity index (χ1n) is 9.88. The fourth-order valence-electron chi connectivity index (χ4n) is 4.21. The second-order valence-electron chi connectivity index (χ2n) is 7.49. The zero-order chi connectivity index (χ0) is 22.0. The molecular weight excluding hydrogens is 435 g/mol. The monoisotopic (exact) mass is 456 g/mol. The second kappa shape index (κ2) is 8.91. The first-order valence-corrected chi connectivity index (χ1v) is 10.6. The zero-order valence-electron chi connectivity index (χ0n) is 17.2. The molecule has 31 heavy (non-hydrogen) atoms. The molecule has 0 amide bonds. The molecule has 1 fully saturated rings. The predicted octanol–water partition coefficient (Wildman–Crippen LogP) is 5.99. The smallest absolute Gasteiger partial charge is 0.335 e. The Labute approximate surface area is 191 Å². The molecule has 0 radical (unpaired) electrons. The number of hydrogen-bond acceptors (Lipinski definition) is 4. The van der Waals surface area contributed by atoms with Gasteiger partial charge in [-0.2, -0.15) is 0 Å². The highest BCUT2D eigenvalue weighted by molar-refractivity contribution is 6.30. The fourth-order valence-corrected chi connectivity index (χ4v) is 4.46. The van der Waals surface area contributed by atoms with Crippen LogP contribution in [0.25, 0.3) is 0 Å². The van der Waals surface area contributed by atoms with Crippen molar-refractivity contribution < 1.29 is 19.0 Å². The van der Waals surface area contributed by atoms with Crippen molar-refractivity contribution in [1.29, 1.82) is 0 Å². The predicted molar refractivity (Wildman–Crippen MR) is 121 cm³/mol. The van der Waals surface area contributed by atoms with Gasteiger partial charge in [-0.1, -0.05) is 59.6 Å². The first kappa shape index (κ1) is 21.7. The lowest BCUT2D eigenvalue weighted by Gasteiger charge is -2.30. The summed E-state index contributed by atoms with van der Waals surface area (Å²) in [6.07, 6.45) is -0.229. The van der Waals surface area contributed by atoms with E-state index >= 15 is 0 Å². The van der Waals surface area contributed by atoms with Crippen LogP contribution < -0.4 is 4.74 Å². The Kier molecular flexibility index (Phi) is 6.24. The van der Waals surface area contributed by atoms with Gasteiger partial charge in [0.2, 0.25) is 0 Å². The van der Waals surface area contributed by atoms with Gasteiger partial charge in [-0.3, -0.25) is 0 Å². The van der Waals surface area contributed by atoms with Crippen LogP contribution >= 0.6 is 23.2 Å². The van der Waals surface area contributed by atoms with Crippen molar-refractivity contribution in [2.45, 2.75) is 24.0 Å². The number of ether oxygens (including phenoxy) is 3. The van der Waals surface area contributed by atoms with Crippen molar-refractivity contribution in [1.82, 2.24) is 0 Å². The minimum absolute atomic E-state index is 0.218. The molecule has 0 spiro atoms. The summed E-state index contributed by atoms with van der Waals surface area (Å²) in [6.45, 7) is 0. The number of carbonyl (C=O) groups excluding carboxylic acids is 1. The highest BCUT2D eigenvalue weighted by Gasteiger charge is 2.52. The number of hydrogen-bond donors (Lipinski definition) is 0. The van der Waals surface area contributed by atoms with Crippen molar-refractivity contribution in [3.05, 3.63) is 99.5 Å². The quantitative estimate of drug-likeness (QED) is 0.442. The van der Waals surface area contributed by atoms with E-state index in [0.717, 1.165) is 22.4 Å². The standard InChI is InChI=1S/C25H22Cl2O4/c1-29-21-13-3-16(4-14-21)22-15-25(31-23(22)24(28)30-2,17-5-9-19(26)10-6-17)18-7-11-20(27)12-8-18/h3-14,22-23H,15H2,1-2H3/t22-,23-/m1/s1. The number of carbonyl (C=O) groups is 1. The van der Waals surface area contributed by atoms with Gasteiger partial charge >= 0.3 is 5.97 Å². The van der Waals surface area contributed by atoms with E-state index in [1.165, 1.54) is 7.11 Å².